The average molecular weight is 366 g/mol. The number of nitrogens with one attached hydrogen (secondary N) is 1. The first-order valence-corrected chi connectivity index (χ1v) is 8.10. The van der Waals surface area contributed by atoms with Crippen molar-refractivity contribution >= 4 is 17.6 Å². The van der Waals surface area contributed by atoms with Crippen LogP contribution in [0.4, 0.5) is 4.39 Å². The molecule has 0 atom stereocenters. The Balaban J connectivity index is 1.90. The molecule has 0 aliphatic rings. The summed E-state index contributed by atoms with van der Waals surface area (Å²) in [6.07, 6.45) is 0.415. The minimum Gasteiger partial charge on any atom is -0.493 e. The lowest BCUT2D eigenvalue weighted by atomic mass is 10.1. The molecule has 0 bridgehead atoms. The maximum Gasteiger partial charge on any atom is 0.188 e. The zero-order chi connectivity index (χ0) is 18.2. The Kier molecular flexibility index (Phi) is 6.89. The van der Waals surface area contributed by atoms with Crippen LogP contribution in [-0.4, -0.2) is 26.7 Å². The summed E-state index contributed by atoms with van der Waals surface area (Å²) < 4.78 is 24.1. The molecule has 0 spiro atoms. The van der Waals surface area contributed by atoms with E-state index in [2.05, 4.69) is 10.3 Å². The van der Waals surface area contributed by atoms with Crippen molar-refractivity contribution in [3.8, 4) is 11.5 Å². The molecule has 0 heterocycles. The van der Waals surface area contributed by atoms with E-state index < -0.39 is 0 Å². The maximum atomic E-state index is 13.7. The second-order valence-electron chi connectivity index (χ2n) is 5.27. The largest absolute Gasteiger partial charge is 0.493 e. The number of halogens is 2. The number of nitrogens with zero attached hydrogens (tertiary/aromatic N) is 1. The summed E-state index contributed by atoms with van der Waals surface area (Å²) in [6, 6.07) is 10.2. The lowest BCUT2D eigenvalue weighted by Gasteiger charge is -2.10. The topological polar surface area (TPSA) is 68.9 Å². The third-order valence-electron chi connectivity index (χ3n) is 3.62. The van der Waals surface area contributed by atoms with Gasteiger partial charge < -0.3 is 20.5 Å². The van der Waals surface area contributed by atoms with Crippen LogP contribution in [0.3, 0.4) is 0 Å². The molecule has 2 aromatic rings. The van der Waals surface area contributed by atoms with Crippen molar-refractivity contribution in [1.29, 1.82) is 0 Å². The highest BCUT2D eigenvalue weighted by Gasteiger charge is 2.07. The fraction of sp³-hybridized carbons (Fsp3) is 0.278. The molecule has 0 aromatic heterocycles. The molecule has 5 nitrogen and oxygen atoms in total. The molecule has 3 N–H and O–H groups in total. The number of nitrogens with two attached hydrogens (primary N) is 1. The van der Waals surface area contributed by atoms with Gasteiger partial charge in [-0.15, -0.1) is 0 Å². The Morgan fingerprint density at radius 3 is 2.64 bits per heavy atom. The molecule has 0 radical (unpaired) electrons. The Hall–Kier alpha value is -2.47. The van der Waals surface area contributed by atoms with Crippen LogP contribution in [0.25, 0.3) is 0 Å². The zero-order valence-electron chi connectivity index (χ0n) is 14.2. The van der Waals surface area contributed by atoms with Gasteiger partial charge >= 0.3 is 0 Å². The zero-order valence-corrected chi connectivity index (χ0v) is 14.9. The van der Waals surface area contributed by atoms with Crippen molar-refractivity contribution in [2.45, 2.75) is 13.0 Å². The number of hydrogen-bond donors (Lipinski definition) is 2. The maximum absolute atomic E-state index is 13.7. The van der Waals surface area contributed by atoms with Crippen molar-refractivity contribution in [1.82, 2.24) is 5.32 Å². The van der Waals surface area contributed by atoms with Gasteiger partial charge in [0.2, 0.25) is 0 Å². The predicted molar refractivity (Wildman–Crippen MR) is 98.0 cm³/mol. The van der Waals surface area contributed by atoms with E-state index in [0.29, 0.717) is 41.6 Å². The molecule has 0 fully saturated rings. The van der Waals surface area contributed by atoms with E-state index >= 15 is 0 Å². The molecule has 25 heavy (non-hydrogen) atoms. The molecule has 0 aliphatic heterocycles. The van der Waals surface area contributed by atoms with E-state index in [1.165, 1.54) is 6.07 Å². The third kappa shape index (κ3) is 5.26. The molecule has 2 rings (SSSR count). The Labute approximate surface area is 151 Å². The Morgan fingerprint density at radius 1 is 1.20 bits per heavy atom. The van der Waals surface area contributed by atoms with Crippen LogP contribution in [0.1, 0.15) is 11.1 Å². The minimum absolute atomic E-state index is 0.280. The fourth-order valence-electron chi connectivity index (χ4n) is 2.30. The van der Waals surface area contributed by atoms with E-state index in [-0.39, 0.29) is 11.8 Å². The van der Waals surface area contributed by atoms with Gasteiger partial charge in [-0.2, -0.15) is 0 Å². The third-order valence-corrected chi connectivity index (χ3v) is 3.98. The van der Waals surface area contributed by atoms with Crippen LogP contribution in [0, 0.1) is 5.82 Å². The second-order valence-corrected chi connectivity index (χ2v) is 5.67. The SMILES string of the molecule is COc1ccc(CN=C(N)NCCc2c(F)cccc2Cl)cc1OC. The molecular weight excluding hydrogens is 345 g/mol. The Bertz CT molecular complexity index is 733. The van der Waals surface area contributed by atoms with Crippen molar-refractivity contribution in [2.24, 2.45) is 10.7 Å². The number of guanidine groups is 1. The van der Waals surface area contributed by atoms with Gasteiger partial charge in [-0.3, -0.25) is 0 Å². The summed E-state index contributed by atoms with van der Waals surface area (Å²) in [5.41, 5.74) is 7.24. The van der Waals surface area contributed by atoms with E-state index in [9.17, 15) is 4.39 Å². The van der Waals surface area contributed by atoms with Crippen LogP contribution in [-0.2, 0) is 13.0 Å². The van der Waals surface area contributed by atoms with Gasteiger partial charge in [0, 0.05) is 17.1 Å². The lowest BCUT2D eigenvalue weighted by Crippen LogP contribution is -2.33. The highest BCUT2D eigenvalue weighted by atomic mass is 35.5. The van der Waals surface area contributed by atoms with Crippen LogP contribution < -0.4 is 20.5 Å². The molecule has 0 aliphatic carbocycles. The summed E-state index contributed by atoms with van der Waals surface area (Å²) in [7, 11) is 3.16. The molecule has 0 saturated heterocycles. The summed E-state index contributed by atoms with van der Waals surface area (Å²) >= 11 is 5.99. The van der Waals surface area contributed by atoms with Crippen LogP contribution in [0.5, 0.6) is 11.5 Å². The van der Waals surface area contributed by atoms with Gasteiger partial charge in [-0.25, -0.2) is 9.38 Å². The molecule has 7 heteroatoms. The number of aliphatic imine (C=N–C) groups is 1. The first kappa shape index (κ1) is 18.9. The predicted octanol–water partition coefficient (Wildman–Crippen LogP) is 3.14. The highest BCUT2D eigenvalue weighted by Crippen LogP contribution is 2.27. The smallest absolute Gasteiger partial charge is 0.188 e. The normalized spacial score (nSPS) is 11.3. The van der Waals surface area contributed by atoms with Gasteiger partial charge in [0.05, 0.1) is 20.8 Å². The van der Waals surface area contributed by atoms with E-state index in [4.69, 9.17) is 26.8 Å². The quantitative estimate of drug-likeness (QED) is 0.584. The standard InChI is InChI=1S/C18H21ClFN3O2/c1-24-16-7-6-12(10-17(16)25-2)11-23-18(21)22-9-8-13-14(19)4-3-5-15(13)20/h3-7,10H,8-9,11H2,1-2H3,(H3,21,22,23). The minimum atomic E-state index is -0.324. The Morgan fingerprint density at radius 2 is 1.96 bits per heavy atom. The summed E-state index contributed by atoms with van der Waals surface area (Å²) in [5.74, 6) is 1.25. The molecule has 0 amide bonds. The highest BCUT2D eigenvalue weighted by molar-refractivity contribution is 6.31. The van der Waals surface area contributed by atoms with Crippen molar-refractivity contribution < 1.29 is 13.9 Å². The van der Waals surface area contributed by atoms with Gasteiger partial charge in [0.25, 0.3) is 0 Å². The summed E-state index contributed by atoms with van der Waals surface area (Å²) in [6.45, 7) is 0.821. The van der Waals surface area contributed by atoms with E-state index in [0.717, 1.165) is 5.56 Å². The second kappa shape index (κ2) is 9.13. The van der Waals surface area contributed by atoms with E-state index in [1.54, 1.807) is 26.4 Å². The molecule has 134 valence electrons. The van der Waals surface area contributed by atoms with Crippen molar-refractivity contribution in [3.63, 3.8) is 0 Å². The van der Waals surface area contributed by atoms with Gasteiger partial charge in [0.15, 0.2) is 17.5 Å². The number of methoxy groups -OCH3 is 2. The van der Waals surface area contributed by atoms with Crippen LogP contribution >= 0.6 is 11.6 Å². The number of ether oxygens (including phenoxy) is 2. The van der Waals surface area contributed by atoms with Crippen molar-refractivity contribution in [3.05, 3.63) is 58.4 Å². The first-order chi connectivity index (χ1) is 12.0. The van der Waals surface area contributed by atoms with Gasteiger partial charge in [0.1, 0.15) is 5.82 Å². The van der Waals surface area contributed by atoms with Crippen LogP contribution in [0.15, 0.2) is 41.4 Å². The number of rotatable bonds is 7. The molecule has 0 unspecified atom stereocenters. The number of hydrogen-bond acceptors (Lipinski definition) is 3. The van der Waals surface area contributed by atoms with Crippen molar-refractivity contribution in [2.75, 3.05) is 20.8 Å². The van der Waals surface area contributed by atoms with Crippen LogP contribution in [0.2, 0.25) is 5.02 Å². The lowest BCUT2D eigenvalue weighted by molar-refractivity contribution is 0.354. The molecular formula is C18H21ClFN3O2. The van der Waals surface area contributed by atoms with Gasteiger partial charge in [-0.1, -0.05) is 23.7 Å². The molecule has 0 saturated carbocycles. The molecule has 2 aromatic carbocycles. The van der Waals surface area contributed by atoms with Gasteiger partial charge in [-0.05, 0) is 36.2 Å². The summed E-state index contributed by atoms with van der Waals surface area (Å²) in [4.78, 5) is 4.26. The number of benzene rings is 2. The first-order valence-electron chi connectivity index (χ1n) is 7.72. The average Bonchev–Trinajstić information content (AvgIpc) is 2.62. The summed E-state index contributed by atoms with van der Waals surface area (Å²) in [5, 5.41) is 3.36. The van der Waals surface area contributed by atoms with E-state index in [1.807, 2.05) is 18.2 Å². The monoisotopic (exact) mass is 365 g/mol. The fourth-order valence-corrected chi connectivity index (χ4v) is 2.56.